The molecule has 1 amide bonds. The number of thioether (sulfide) groups is 1. The summed E-state index contributed by atoms with van der Waals surface area (Å²) in [4.78, 5) is 27.2. The molecule has 3 rings (SSSR count). The van der Waals surface area contributed by atoms with E-state index in [1.165, 1.54) is 24.3 Å². The number of hydrogen-bond acceptors (Lipinski definition) is 7. The number of nitro groups is 1. The van der Waals surface area contributed by atoms with Gasteiger partial charge in [-0.05, 0) is 43.0 Å². The molecule has 0 spiro atoms. The fourth-order valence-corrected chi connectivity index (χ4v) is 3.15. The van der Waals surface area contributed by atoms with Crippen molar-refractivity contribution in [2.75, 3.05) is 6.61 Å². The number of carbonyl (C=O) groups is 1. The molecule has 2 N–H and O–H groups in total. The van der Waals surface area contributed by atoms with Gasteiger partial charge in [0.25, 0.3) is 11.6 Å². The maximum Gasteiger partial charge on any atom is 0.270 e. The van der Waals surface area contributed by atoms with Crippen LogP contribution < -0.4 is 10.1 Å². The number of nitrogens with zero attached hydrogens (tertiary/aromatic N) is 2. The lowest BCUT2D eigenvalue weighted by atomic mass is 10.1. The molecule has 2 aromatic carbocycles. The molecule has 1 aliphatic rings. The second-order valence-corrected chi connectivity index (χ2v) is 6.41. The number of nitrogens with one attached hydrogen (secondary N) is 1. The Morgan fingerprint density at radius 1 is 1.33 bits per heavy atom. The first-order valence-electron chi connectivity index (χ1n) is 7.96. The molecule has 27 heavy (non-hydrogen) atoms. The van der Waals surface area contributed by atoms with E-state index in [9.17, 15) is 20.0 Å². The lowest BCUT2D eigenvalue weighted by molar-refractivity contribution is -0.384. The third kappa shape index (κ3) is 4.26. The summed E-state index contributed by atoms with van der Waals surface area (Å²) in [5.41, 5.74) is 0.571. The van der Waals surface area contributed by atoms with Crippen LogP contribution in [-0.4, -0.2) is 27.7 Å². The van der Waals surface area contributed by atoms with Gasteiger partial charge in [-0.3, -0.25) is 14.9 Å². The molecule has 0 saturated carbocycles. The van der Waals surface area contributed by atoms with Gasteiger partial charge in [-0.1, -0.05) is 12.1 Å². The number of phenols is 1. The van der Waals surface area contributed by atoms with Gasteiger partial charge in [0.2, 0.25) is 0 Å². The molecule has 0 unspecified atom stereocenters. The number of nitro benzene ring substituents is 1. The van der Waals surface area contributed by atoms with E-state index in [0.717, 1.165) is 11.8 Å². The first-order chi connectivity index (χ1) is 13.0. The van der Waals surface area contributed by atoms with Crippen molar-refractivity contribution >= 4 is 40.3 Å². The van der Waals surface area contributed by atoms with Gasteiger partial charge < -0.3 is 15.2 Å². The van der Waals surface area contributed by atoms with Gasteiger partial charge in [-0.15, -0.1) is 0 Å². The molecule has 0 bridgehead atoms. The summed E-state index contributed by atoms with van der Waals surface area (Å²) in [7, 11) is 0. The van der Waals surface area contributed by atoms with Gasteiger partial charge in [0, 0.05) is 17.7 Å². The standard InChI is InChI=1S/C18H15N3O5S/c1-2-26-15-6-4-3-5-13(15)19-18-20-17(23)16(27-18)10-11-9-12(21(24)25)7-8-14(11)22/h3-10,22H,2H2,1H3,(H,19,20,23)/b16-10-. The highest BCUT2D eigenvalue weighted by Crippen LogP contribution is 2.34. The van der Waals surface area contributed by atoms with Crippen molar-refractivity contribution in [3.05, 3.63) is 63.0 Å². The molecule has 1 fully saturated rings. The smallest absolute Gasteiger partial charge is 0.270 e. The van der Waals surface area contributed by atoms with E-state index in [1.54, 1.807) is 18.2 Å². The molecule has 0 aliphatic carbocycles. The zero-order valence-corrected chi connectivity index (χ0v) is 15.0. The Hall–Kier alpha value is -3.33. The van der Waals surface area contributed by atoms with Crippen LogP contribution in [0.5, 0.6) is 11.5 Å². The molecule has 0 atom stereocenters. The van der Waals surface area contributed by atoms with E-state index in [-0.39, 0.29) is 21.9 Å². The largest absolute Gasteiger partial charge is 0.507 e. The minimum Gasteiger partial charge on any atom is -0.507 e. The predicted molar refractivity (Wildman–Crippen MR) is 103 cm³/mol. The minimum atomic E-state index is -0.569. The molecule has 138 valence electrons. The van der Waals surface area contributed by atoms with E-state index >= 15 is 0 Å². The quantitative estimate of drug-likeness (QED) is 0.462. The molecule has 0 aromatic heterocycles. The molecule has 8 nitrogen and oxygen atoms in total. The average Bonchev–Trinajstić information content (AvgIpc) is 2.97. The van der Waals surface area contributed by atoms with Crippen LogP contribution in [0, 0.1) is 10.1 Å². The Labute approximate surface area is 158 Å². The van der Waals surface area contributed by atoms with Crippen molar-refractivity contribution in [1.29, 1.82) is 0 Å². The number of aliphatic imine (C=N–C) groups is 1. The highest BCUT2D eigenvalue weighted by atomic mass is 32.2. The third-order valence-corrected chi connectivity index (χ3v) is 4.46. The highest BCUT2D eigenvalue weighted by Gasteiger charge is 2.25. The zero-order chi connectivity index (χ0) is 19.4. The minimum absolute atomic E-state index is 0.159. The Morgan fingerprint density at radius 3 is 2.85 bits per heavy atom. The Kier molecular flexibility index (Phi) is 5.41. The molecule has 1 heterocycles. The van der Waals surface area contributed by atoms with Gasteiger partial charge in [0.15, 0.2) is 5.17 Å². The van der Waals surface area contributed by atoms with Gasteiger partial charge >= 0.3 is 0 Å². The summed E-state index contributed by atoms with van der Waals surface area (Å²) in [5, 5.41) is 23.8. The Balaban J connectivity index is 1.89. The maximum absolute atomic E-state index is 12.2. The molecular weight excluding hydrogens is 370 g/mol. The van der Waals surface area contributed by atoms with Crippen molar-refractivity contribution in [3.8, 4) is 11.5 Å². The number of rotatable bonds is 5. The number of para-hydroxylation sites is 2. The van der Waals surface area contributed by atoms with Crippen LogP contribution in [0.3, 0.4) is 0 Å². The number of carbonyl (C=O) groups excluding carboxylic acids is 1. The fraction of sp³-hybridized carbons (Fsp3) is 0.111. The summed E-state index contributed by atoms with van der Waals surface area (Å²) in [5.74, 6) is 0.0308. The normalized spacial score (nSPS) is 16.6. The Morgan fingerprint density at radius 2 is 2.11 bits per heavy atom. The van der Waals surface area contributed by atoms with Crippen LogP contribution in [0.25, 0.3) is 6.08 Å². The fourth-order valence-electron chi connectivity index (χ4n) is 2.33. The van der Waals surface area contributed by atoms with Crippen LogP contribution in [0.4, 0.5) is 11.4 Å². The van der Waals surface area contributed by atoms with E-state index < -0.39 is 10.8 Å². The van der Waals surface area contributed by atoms with Gasteiger partial charge in [0.1, 0.15) is 17.2 Å². The SMILES string of the molecule is CCOc1ccccc1N=C1NC(=O)/C(=C/c2cc([N+](=O)[O-])ccc2O)S1. The van der Waals surface area contributed by atoms with Crippen molar-refractivity contribution in [2.24, 2.45) is 4.99 Å². The number of non-ortho nitro benzene ring substituents is 1. The summed E-state index contributed by atoms with van der Waals surface area (Å²) in [6.07, 6.45) is 1.39. The lowest BCUT2D eigenvalue weighted by Gasteiger charge is -2.06. The second kappa shape index (κ2) is 7.92. The number of ether oxygens (including phenoxy) is 1. The molecular formula is C18H15N3O5S. The molecule has 1 aliphatic heterocycles. The third-order valence-electron chi connectivity index (χ3n) is 3.55. The average molecular weight is 385 g/mol. The number of amidine groups is 1. The first-order valence-corrected chi connectivity index (χ1v) is 8.78. The zero-order valence-electron chi connectivity index (χ0n) is 14.2. The van der Waals surface area contributed by atoms with Crippen molar-refractivity contribution in [2.45, 2.75) is 6.92 Å². The maximum atomic E-state index is 12.2. The summed E-state index contributed by atoms with van der Waals surface area (Å²) >= 11 is 1.07. The highest BCUT2D eigenvalue weighted by molar-refractivity contribution is 8.18. The number of phenolic OH excluding ortho intramolecular Hbond substituents is 1. The molecule has 9 heteroatoms. The van der Waals surface area contributed by atoms with Gasteiger partial charge in [-0.25, -0.2) is 4.99 Å². The van der Waals surface area contributed by atoms with E-state index in [2.05, 4.69) is 10.3 Å². The topological polar surface area (TPSA) is 114 Å². The van der Waals surface area contributed by atoms with E-state index in [0.29, 0.717) is 23.2 Å². The lowest BCUT2D eigenvalue weighted by Crippen LogP contribution is -2.19. The van der Waals surface area contributed by atoms with Gasteiger partial charge in [0.05, 0.1) is 16.4 Å². The van der Waals surface area contributed by atoms with Crippen molar-refractivity contribution < 1.29 is 19.6 Å². The summed E-state index contributed by atoms with van der Waals surface area (Å²) in [6.45, 7) is 2.35. The van der Waals surface area contributed by atoms with E-state index in [4.69, 9.17) is 4.74 Å². The molecule has 0 radical (unpaired) electrons. The monoisotopic (exact) mass is 385 g/mol. The second-order valence-electron chi connectivity index (χ2n) is 5.38. The van der Waals surface area contributed by atoms with Crippen LogP contribution in [0.2, 0.25) is 0 Å². The van der Waals surface area contributed by atoms with Crippen LogP contribution in [0.15, 0.2) is 52.4 Å². The summed E-state index contributed by atoms with van der Waals surface area (Å²) in [6, 6.07) is 10.8. The first kappa shape index (κ1) is 18.5. The van der Waals surface area contributed by atoms with Crippen LogP contribution >= 0.6 is 11.8 Å². The van der Waals surface area contributed by atoms with Crippen molar-refractivity contribution in [3.63, 3.8) is 0 Å². The van der Waals surface area contributed by atoms with Crippen LogP contribution in [-0.2, 0) is 4.79 Å². The number of aromatic hydroxyl groups is 1. The van der Waals surface area contributed by atoms with Crippen LogP contribution in [0.1, 0.15) is 12.5 Å². The Bertz CT molecular complexity index is 971. The molecule has 2 aromatic rings. The number of benzene rings is 2. The van der Waals surface area contributed by atoms with Gasteiger partial charge in [-0.2, -0.15) is 0 Å². The van der Waals surface area contributed by atoms with E-state index in [1.807, 2.05) is 13.0 Å². The summed E-state index contributed by atoms with van der Waals surface area (Å²) < 4.78 is 5.51. The predicted octanol–water partition coefficient (Wildman–Crippen LogP) is 3.59. The molecule has 1 saturated heterocycles. The number of hydrogen-bond donors (Lipinski definition) is 2. The van der Waals surface area contributed by atoms with Crippen molar-refractivity contribution in [1.82, 2.24) is 5.32 Å². The number of amides is 1.